The van der Waals surface area contributed by atoms with Crippen LogP contribution >= 0.6 is 0 Å². The van der Waals surface area contributed by atoms with Gasteiger partial charge in [-0.05, 0) is 55.5 Å². The van der Waals surface area contributed by atoms with Crippen molar-refractivity contribution in [3.63, 3.8) is 0 Å². The number of alkyl halides is 3. The van der Waals surface area contributed by atoms with Gasteiger partial charge >= 0.3 is 6.18 Å². The van der Waals surface area contributed by atoms with Gasteiger partial charge in [0.15, 0.2) is 0 Å². The molecule has 3 rings (SSSR count). The van der Waals surface area contributed by atoms with E-state index in [2.05, 4.69) is 10.3 Å². The maximum Gasteiger partial charge on any atom is 0.416 e. The highest BCUT2D eigenvalue weighted by molar-refractivity contribution is 5.99. The molecule has 160 valence electrons. The second-order valence-electron chi connectivity index (χ2n) is 7.37. The molecule has 1 saturated heterocycles. The normalized spacial score (nSPS) is 16.9. The number of benzene rings is 1. The van der Waals surface area contributed by atoms with Crippen LogP contribution in [0.3, 0.4) is 0 Å². The van der Waals surface area contributed by atoms with Crippen molar-refractivity contribution in [2.75, 3.05) is 18.4 Å². The molecular formula is C21H23F3N4O2. The predicted octanol–water partition coefficient (Wildman–Crippen LogP) is 3.96. The van der Waals surface area contributed by atoms with Crippen LogP contribution < -0.4 is 11.1 Å². The molecule has 0 saturated carbocycles. The topological polar surface area (TPSA) is 88.3 Å². The smallest absolute Gasteiger partial charge is 0.370 e. The fraction of sp³-hybridized carbons (Fsp3) is 0.381. The van der Waals surface area contributed by atoms with Crippen molar-refractivity contribution in [2.24, 2.45) is 11.7 Å². The SMILES string of the molecule is NC(=O)CCC1CCCN(C(=O)c2cccnc2Nc2cccc(C(F)(F)F)c2)C1. The first-order chi connectivity index (χ1) is 14.2. The molecule has 1 fully saturated rings. The van der Waals surface area contributed by atoms with Gasteiger partial charge in [0, 0.05) is 31.4 Å². The highest BCUT2D eigenvalue weighted by Crippen LogP contribution is 2.32. The average molecular weight is 420 g/mol. The summed E-state index contributed by atoms with van der Waals surface area (Å²) in [6.07, 6.45) is -0.360. The Labute approximate surface area is 172 Å². The molecular weight excluding hydrogens is 397 g/mol. The van der Waals surface area contributed by atoms with Crippen molar-refractivity contribution in [3.8, 4) is 0 Å². The summed E-state index contributed by atoms with van der Waals surface area (Å²) in [6.45, 7) is 1.08. The fourth-order valence-electron chi connectivity index (χ4n) is 3.59. The Balaban J connectivity index is 1.76. The van der Waals surface area contributed by atoms with Crippen molar-refractivity contribution >= 4 is 23.3 Å². The summed E-state index contributed by atoms with van der Waals surface area (Å²) >= 11 is 0. The summed E-state index contributed by atoms with van der Waals surface area (Å²) in [5.41, 5.74) is 4.91. The van der Waals surface area contributed by atoms with E-state index in [-0.39, 0.29) is 41.2 Å². The number of hydrogen-bond acceptors (Lipinski definition) is 4. The van der Waals surface area contributed by atoms with E-state index < -0.39 is 11.7 Å². The molecule has 1 unspecified atom stereocenters. The first-order valence-electron chi connectivity index (χ1n) is 9.71. The van der Waals surface area contributed by atoms with E-state index in [1.54, 1.807) is 17.0 Å². The Bertz CT molecular complexity index is 917. The number of amides is 2. The molecule has 1 aliphatic heterocycles. The number of likely N-dealkylation sites (tertiary alicyclic amines) is 1. The zero-order chi connectivity index (χ0) is 21.7. The van der Waals surface area contributed by atoms with Crippen LogP contribution in [0.25, 0.3) is 0 Å². The summed E-state index contributed by atoms with van der Waals surface area (Å²) in [7, 11) is 0. The lowest BCUT2D eigenvalue weighted by Gasteiger charge is -2.33. The number of nitrogens with zero attached hydrogens (tertiary/aromatic N) is 2. The number of primary amides is 1. The molecule has 0 spiro atoms. The van der Waals surface area contributed by atoms with Crippen LogP contribution in [0.5, 0.6) is 0 Å². The van der Waals surface area contributed by atoms with Gasteiger partial charge in [-0.3, -0.25) is 9.59 Å². The van der Waals surface area contributed by atoms with E-state index in [9.17, 15) is 22.8 Å². The number of halogens is 3. The Morgan fingerprint density at radius 1 is 1.23 bits per heavy atom. The number of rotatable bonds is 6. The summed E-state index contributed by atoms with van der Waals surface area (Å²) in [5.74, 6) is -0.229. The molecule has 0 radical (unpaired) electrons. The highest BCUT2D eigenvalue weighted by Gasteiger charge is 2.31. The molecule has 30 heavy (non-hydrogen) atoms. The first kappa shape index (κ1) is 21.6. The molecule has 0 bridgehead atoms. The monoisotopic (exact) mass is 420 g/mol. The van der Waals surface area contributed by atoms with Gasteiger partial charge in [0.25, 0.3) is 5.91 Å². The average Bonchev–Trinajstić information content (AvgIpc) is 2.72. The van der Waals surface area contributed by atoms with Crippen LogP contribution in [0.4, 0.5) is 24.7 Å². The Morgan fingerprint density at radius 3 is 2.77 bits per heavy atom. The Hall–Kier alpha value is -3.10. The van der Waals surface area contributed by atoms with Crippen molar-refractivity contribution in [2.45, 2.75) is 31.9 Å². The van der Waals surface area contributed by atoms with Crippen LogP contribution in [0, 0.1) is 5.92 Å². The number of nitrogens with two attached hydrogens (primary N) is 1. The maximum absolute atomic E-state index is 13.1. The molecule has 1 atom stereocenters. The Kier molecular flexibility index (Phi) is 6.59. The van der Waals surface area contributed by atoms with Crippen LogP contribution in [-0.2, 0) is 11.0 Å². The van der Waals surface area contributed by atoms with Crippen molar-refractivity contribution in [1.82, 2.24) is 9.88 Å². The lowest BCUT2D eigenvalue weighted by Crippen LogP contribution is -2.40. The molecule has 2 aromatic rings. The molecule has 6 nitrogen and oxygen atoms in total. The highest BCUT2D eigenvalue weighted by atomic mass is 19.4. The Morgan fingerprint density at radius 2 is 2.03 bits per heavy atom. The third-order valence-electron chi connectivity index (χ3n) is 5.10. The number of pyridine rings is 1. The predicted molar refractivity (Wildman–Crippen MR) is 106 cm³/mol. The van der Waals surface area contributed by atoms with E-state index in [0.717, 1.165) is 25.0 Å². The number of aromatic nitrogens is 1. The second kappa shape index (κ2) is 9.15. The molecule has 1 aromatic heterocycles. The van der Waals surface area contributed by atoms with Gasteiger partial charge in [-0.2, -0.15) is 13.2 Å². The lowest BCUT2D eigenvalue weighted by molar-refractivity contribution is -0.137. The number of carbonyl (C=O) groups is 2. The number of hydrogen-bond donors (Lipinski definition) is 2. The molecule has 3 N–H and O–H groups in total. The number of nitrogens with one attached hydrogen (secondary N) is 1. The van der Waals surface area contributed by atoms with E-state index in [1.807, 2.05) is 0 Å². The van der Waals surface area contributed by atoms with Crippen molar-refractivity contribution < 1.29 is 22.8 Å². The number of carbonyl (C=O) groups excluding carboxylic acids is 2. The fourth-order valence-corrected chi connectivity index (χ4v) is 3.59. The third kappa shape index (κ3) is 5.49. The summed E-state index contributed by atoms with van der Waals surface area (Å²) in [5, 5.41) is 2.84. The lowest BCUT2D eigenvalue weighted by atomic mass is 9.93. The summed E-state index contributed by atoms with van der Waals surface area (Å²) in [6, 6.07) is 7.94. The minimum atomic E-state index is -4.46. The van der Waals surface area contributed by atoms with E-state index in [4.69, 9.17) is 5.73 Å². The quantitative estimate of drug-likeness (QED) is 0.740. The van der Waals surface area contributed by atoms with Gasteiger partial charge in [0.2, 0.25) is 5.91 Å². The van der Waals surface area contributed by atoms with Gasteiger partial charge in [-0.15, -0.1) is 0 Å². The molecule has 9 heteroatoms. The zero-order valence-electron chi connectivity index (χ0n) is 16.3. The second-order valence-corrected chi connectivity index (χ2v) is 7.37. The van der Waals surface area contributed by atoms with E-state index in [0.29, 0.717) is 19.5 Å². The van der Waals surface area contributed by atoms with Crippen LogP contribution in [0.2, 0.25) is 0 Å². The minimum absolute atomic E-state index is 0.187. The van der Waals surface area contributed by atoms with Crippen molar-refractivity contribution in [3.05, 3.63) is 53.7 Å². The molecule has 2 heterocycles. The van der Waals surface area contributed by atoms with Gasteiger partial charge in [0.1, 0.15) is 5.82 Å². The van der Waals surface area contributed by atoms with Gasteiger partial charge in [0.05, 0.1) is 11.1 Å². The molecule has 2 amide bonds. The number of anilines is 2. The number of piperidine rings is 1. The van der Waals surface area contributed by atoms with E-state index >= 15 is 0 Å². The van der Waals surface area contributed by atoms with E-state index in [1.165, 1.54) is 18.3 Å². The largest absolute Gasteiger partial charge is 0.416 e. The van der Waals surface area contributed by atoms with Gasteiger partial charge in [-0.1, -0.05) is 6.07 Å². The maximum atomic E-state index is 13.1. The van der Waals surface area contributed by atoms with Crippen LogP contribution in [-0.4, -0.2) is 34.8 Å². The molecule has 1 aliphatic rings. The zero-order valence-corrected chi connectivity index (χ0v) is 16.3. The summed E-state index contributed by atoms with van der Waals surface area (Å²) in [4.78, 5) is 30.0. The first-order valence-corrected chi connectivity index (χ1v) is 9.71. The third-order valence-corrected chi connectivity index (χ3v) is 5.10. The van der Waals surface area contributed by atoms with Gasteiger partial charge < -0.3 is 16.0 Å². The summed E-state index contributed by atoms with van der Waals surface area (Å²) < 4.78 is 38.9. The molecule has 0 aliphatic carbocycles. The van der Waals surface area contributed by atoms with Gasteiger partial charge in [-0.25, -0.2) is 4.98 Å². The van der Waals surface area contributed by atoms with Crippen LogP contribution in [0.15, 0.2) is 42.6 Å². The molecule has 1 aromatic carbocycles. The minimum Gasteiger partial charge on any atom is -0.370 e. The standard InChI is InChI=1S/C21H23F3N4O2/c22-21(23,24)15-5-1-6-16(12-15)27-19-17(7-2-10-26-19)20(30)28-11-3-4-14(13-28)8-9-18(25)29/h1-2,5-7,10,12,14H,3-4,8-9,11,13H2,(H2,25,29)(H,26,27). The van der Waals surface area contributed by atoms with Crippen LogP contribution in [0.1, 0.15) is 41.6 Å². The van der Waals surface area contributed by atoms with Crippen molar-refractivity contribution in [1.29, 1.82) is 0 Å².